The summed E-state index contributed by atoms with van der Waals surface area (Å²) in [4.78, 5) is 43.8. The highest BCUT2D eigenvalue weighted by atomic mass is 16.3. The van der Waals surface area contributed by atoms with Gasteiger partial charge in [0.1, 0.15) is 5.70 Å². The molecule has 1 saturated heterocycles. The second-order valence-electron chi connectivity index (χ2n) is 8.32. The third-order valence-electron chi connectivity index (χ3n) is 5.95. The lowest BCUT2D eigenvalue weighted by molar-refractivity contribution is -0.121. The number of imide groups is 1. The van der Waals surface area contributed by atoms with E-state index in [9.17, 15) is 19.5 Å². The van der Waals surface area contributed by atoms with Gasteiger partial charge in [-0.3, -0.25) is 19.3 Å². The summed E-state index contributed by atoms with van der Waals surface area (Å²) >= 11 is 0. The lowest BCUT2D eigenvalue weighted by Gasteiger charge is -2.36. The summed E-state index contributed by atoms with van der Waals surface area (Å²) in [7, 11) is 0. The molecule has 0 atom stereocenters. The van der Waals surface area contributed by atoms with Crippen molar-refractivity contribution < 1.29 is 19.5 Å². The molecular weight excluding hydrogens is 420 g/mol. The highest BCUT2D eigenvalue weighted by molar-refractivity contribution is 6.45. The lowest BCUT2D eigenvalue weighted by atomic mass is 10.0. The van der Waals surface area contributed by atoms with Gasteiger partial charge in [0.15, 0.2) is 0 Å². The smallest absolute Gasteiger partial charge is 0.282 e. The second kappa shape index (κ2) is 9.56. The Morgan fingerprint density at radius 1 is 0.939 bits per heavy atom. The van der Waals surface area contributed by atoms with Crippen molar-refractivity contribution in [3.05, 3.63) is 65.4 Å². The molecule has 2 aliphatic heterocycles. The van der Waals surface area contributed by atoms with Crippen molar-refractivity contribution in [1.82, 2.24) is 9.80 Å². The van der Waals surface area contributed by atoms with Crippen LogP contribution in [0.1, 0.15) is 18.1 Å². The normalized spacial score (nSPS) is 17.2. The molecule has 2 heterocycles. The summed E-state index contributed by atoms with van der Waals surface area (Å²) in [5.41, 5.74) is 3.65. The third-order valence-corrected chi connectivity index (χ3v) is 5.95. The number of amides is 3. The summed E-state index contributed by atoms with van der Waals surface area (Å²) in [5, 5.41) is 11.9. The maximum Gasteiger partial charge on any atom is 0.282 e. The fraction of sp³-hybridized carbons (Fsp3) is 0.320. The van der Waals surface area contributed by atoms with E-state index in [-0.39, 0.29) is 24.3 Å². The molecule has 33 heavy (non-hydrogen) atoms. The minimum atomic E-state index is -0.357. The van der Waals surface area contributed by atoms with E-state index >= 15 is 0 Å². The Kier molecular flexibility index (Phi) is 6.57. The zero-order valence-corrected chi connectivity index (χ0v) is 18.9. The minimum Gasteiger partial charge on any atom is -0.395 e. The van der Waals surface area contributed by atoms with E-state index in [1.165, 1.54) is 11.8 Å². The number of anilines is 2. The van der Waals surface area contributed by atoms with Crippen LogP contribution in [-0.2, 0) is 14.4 Å². The van der Waals surface area contributed by atoms with Crippen LogP contribution in [0.25, 0.3) is 5.57 Å². The molecule has 0 unspecified atom stereocenters. The fourth-order valence-corrected chi connectivity index (χ4v) is 4.26. The van der Waals surface area contributed by atoms with Crippen molar-refractivity contribution >= 4 is 34.7 Å². The van der Waals surface area contributed by atoms with Crippen LogP contribution in [0.15, 0.2) is 54.2 Å². The van der Waals surface area contributed by atoms with Crippen LogP contribution in [0.2, 0.25) is 0 Å². The van der Waals surface area contributed by atoms with Crippen LogP contribution >= 0.6 is 0 Å². The molecule has 0 spiro atoms. The predicted molar refractivity (Wildman–Crippen MR) is 126 cm³/mol. The summed E-state index contributed by atoms with van der Waals surface area (Å²) in [6, 6.07) is 14.3. The molecule has 2 aromatic carbocycles. The minimum absolute atomic E-state index is 0.0942. The van der Waals surface area contributed by atoms with Gasteiger partial charge in [0.2, 0.25) is 5.91 Å². The molecule has 8 heteroatoms. The van der Waals surface area contributed by atoms with E-state index in [2.05, 4.69) is 10.2 Å². The molecular formula is C25H28N4O4. The van der Waals surface area contributed by atoms with Crippen molar-refractivity contribution in [2.75, 3.05) is 49.5 Å². The maximum absolute atomic E-state index is 13.6. The number of nitrogens with one attached hydrogen (secondary N) is 1. The number of aliphatic hydroxyl groups excluding tert-OH is 1. The van der Waals surface area contributed by atoms with Gasteiger partial charge < -0.3 is 15.3 Å². The van der Waals surface area contributed by atoms with E-state index in [0.717, 1.165) is 5.56 Å². The lowest BCUT2D eigenvalue weighted by Crippen LogP contribution is -2.48. The van der Waals surface area contributed by atoms with Gasteiger partial charge >= 0.3 is 0 Å². The van der Waals surface area contributed by atoms with Crippen LogP contribution in [0.4, 0.5) is 11.4 Å². The van der Waals surface area contributed by atoms with E-state index < -0.39 is 0 Å². The first-order valence-electron chi connectivity index (χ1n) is 11.0. The first-order valence-corrected chi connectivity index (χ1v) is 11.0. The molecule has 0 aliphatic carbocycles. The SMILES string of the molecule is CC(=O)Nc1ccc(N2C(=O)C(c3ccc(C)cc3)=C(N3CCN(CCO)CC3)C2=O)cc1. The molecule has 2 aliphatic rings. The van der Waals surface area contributed by atoms with E-state index in [4.69, 9.17) is 0 Å². The molecule has 0 aromatic heterocycles. The van der Waals surface area contributed by atoms with E-state index in [1.54, 1.807) is 24.3 Å². The van der Waals surface area contributed by atoms with E-state index in [0.29, 0.717) is 60.9 Å². The number of aliphatic hydroxyl groups is 1. The predicted octanol–water partition coefficient (Wildman–Crippen LogP) is 1.85. The molecule has 4 rings (SSSR count). The number of hydrogen-bond acceptors (Lipinski definition) is 6. The molecule has 172 valence electrons. The maximum atomic E-state index is 13.6. The standard InChI is InChI=1S/C25H28N4O4/c1-17-3-5-19(6-4-17)22-23(28-13-11-27(12-14-28)15-16-30)25(33)29(24(22)32)21-9-7-20(8-10-21)26-18(2)31/h3-10,30H,11-16H2,1-2H3,(H,26,31). The Morgan fingerprint density at radius 2 is 1.58 bits per heavy atom. The van der Waals surface area contributed by atoms with Gasteiger partial charge in [-0.1, -0.05) is 29.8 Å². The Balaban J connectivity index is 1.69. The topological polar surface area (TPSA) is 93.2 Å². The number of β-amino-alcohol motifs (C(OH)–C–C–N with tert-alkyl or cyclic N) is 1. The summed E-state index contributed by atoms with van der Waals surface area (Å²) in [5.74, 6) is -0.899. The number of benzene rings is 2. The van der Waals surface area contributed by atoms with Crippen LogP contribution in [-0.4, -0.2) is 72.0 Å². The van der Waals surface area contributed by atoms with Gasteiger partial charge in [0.25, 0.3) is 11.8 Å². The number of piperazine rings is 1. The van der Waals surface area contributed by atoms with Crippen molar-refractivity contribution in [1.29, 1.82) is 0 Å². The van der Waals surface area contributed by atoms with Gasteiger partial charge in [-0.2, -0.15) is 0 Å². The van der Waals surface area contributed by atoms with Gasteiger partial charge in [-0.05, 0) is 36.8 Å². The molecule has 0 radical (unpaired) electrons. The number of carbonyl (C=O) groups is 3. The Labute approximate surface area is 193 Å². The Hall–Kier alpha value is -3.49. The van der Waals surface area contributed by atoms with Gasteiger partial charge in [-0.15, -0.1) is 0 Å². The third kappa shape index (κ3) is 4.67. The molecule has 2 N–H and O–H groups in total. The van der Waals surface area contributed by atoms with Crippen molar-refractivity contribution in [3.63, 3.8) is 0 Å². The number of carbonyl (C=O) groups excluding carboxylic acids is 3. The quantitative estimate of drug-likeness (QED) is 0.656. The molecule has 2 aromatic rings. The molecule has 0 saturated carbocycles. The second-order valence-corrected chi connectivity index (χ2v) is 8.32. The largest absolute Gasteiger partial charge is 0.395 e. The Bertz CT molecular complexity index is 1080. The number of aryl methyl sites for hydroxylation is 1. The monoisotopic (exact) mass is 448 g/mol. The van der Waals surface area contributed by atoms with Crippen LogP contribution < -0.4 is 10.2 Å². The molecule has 1 fully saturated rings. The summed E-state index contributed by atoms with van der Waals surface area (Å²) in [6.07, 6.45) is 0. The average Bonchev–Trinajstić information content (AvgIpc) is 3.05. The van der Waals surface area contributed by atoms with Crippen LogP contribution in [0.5, 0.6) is 0 Å². The van der Waals surface area contributed by atoms with Crippen LogP contribution in [0, 0.1) is 6.92 Å². The van der Waals surface area contributed by atoms with Gasteiger partial charge in [0.05, 0.1) is 17.9 Å². The van der Waals surface area contributed by atoms with Crippen molar-refractivity contribution in [2.24, 2.45) is 0 Å². The number of hydrogen-bond donors (Lipinski definition) is 2. The summed E-state index contributed by atoms with van der Waals surface area (Å²) in [6.45, 7) is 6.69. The number of nitrogens with zero attached hydrogens (tertiary/aromatic N) is 3. The highest BCUT2D eigenvalue weighted by Crippen LogP contribution is 2.35. The van der Waals surface area contributed by atoms with Gasteiger partial charge in [-0.25, -0.2) is 4.90 Å². The average molecular weight is 449 g/mol. The zero-order chi connectivity index (χ0) is 23.5. The first kappa shape index (κ1) is 22.7. The zero-order valence-electron chi connectivity index (χ0n) is 18.9. The molecule has 0 bridgehead atoms. The number of rotatable bonds is 6. The first-order chi connectivity index (χ1) is 15.9. The molecule has 8 nitrogen and oxygen atoms in total. The van der Waals surface area contributed by atoms with Crippen molar-refractivity contribution in [3.8, 4) is 0 Å². The van der Waals surface area contributed by atoms with Crippen molar-refractivity contribution in [2.45, 2.75) is 13.8 Å². The fourth-order valence-electron chi connectivity index (χ4n) is 4.26. The highest BCUT2D eigenvalue weighted by Gasteiger charge is 2.43. The van der Waals surface area contributed by atoms with E-state index in [1.807, 2.05) is 36.1 Å². The summed E-state index contributed by atoms with van der Waals surface area (Å²) < 4.78 is 0. The molecule has 3 amide bonds. The Morgan fingerprint density at radius 3 is 2.15 bits per heavy atom. The van der Waals surface area contributed by atoms with Gasteiger partial charge in [0, 0.05) is 45.3 Å². The van der Waals surface area contributed by atoms with Crippen LogP contribution in [0.3, 0.4) is 0 Å².